The van der Waals surface area contributed by atoms with E-state index in [9.17, 15) is 29.7 Å². The van der Waals surface area contributed by atoms with Crippen LogP contribution >= 0.6 is 0 Å². The van der Waals surface area contributed by atoms with E-state index in [2.05, 4.69) is 16.0 Å². The molecule has 2 atom stereocenters. The Kier molecular flexibility index (Phi) is 11.4. The van der Waals surface area contributed by atoms with Gasteiger partial charge in [-0.3, -0.25) is 4.79 Å². The van der Waals surface area contributed by atoms with Crippen LogP contribution in [-0.4, -0.2) is 63.3 Å². The second kappa shape index (κ2) is 13.5. The molecule has 30 heavy (non-hydrogen) atoms. The Morgan fingerprint density at radius 3 is 2.20 bits per heavy atom. The van der Waals surface area contributed by atoms with E-state index in [1.807, 2.05) is 31.2 Å². The number of carboxylic acid groups (broad SMARTS) is 2. The van der Waals surface area contributed by atoms with Gasteiger partial charge in [0.15, 0.2) is 6.29 Å². The average molecular weight is 425 g/mol. The Balaban J connectivity index is 2.33. The van der Waals surface area contributed by atoms with Crippen LogP contribution in [0.2, 0.25) is 0 Å². The molecule has 0 aliphatic heterocycles. The molecule has 0 aromatic heterocycles. The molecule has 2 unspecified atom stereocenters. The normalized spacial score (nSPS) is 12.9. The number of aliphatic hydroxyl groups excluding tert-OH is 1. The number of amides is 2. The summed E-state index contributed by atoms with van der Waals surface area (Å²) in [6.45, 7) is 3.43. The molecule has 1 aromatic rings. The number of aryl methyl sites for hydroxylation is 1. The molecule has 0 saturated heterocycles. The molecule has 1 rings (SSSR count). The highest BCUT2D eigenvalue weighted by molar-refractivity contribution is 5.82. The van der Waals surface area contributed by atoms with E-state index < -0.39 is 36.3 Å². The minimum atomic E-state index is -1.96. The number of carbonyl (C=O) groups excluding carboxylic acids is 1. The lowest BCUT2D eigenvalue weighted by Gasteiger charge is -2.22. The Labute approximate surface area is 175 Å². The molecule has 168 valence electrons. The minimum Gasteiger partial charge on any atom is -0.481 e. The average Bonchev–Trinajstić information content (AvgIpc) is 2.67. The van der Waals surface area contributed by atoms with Crippen molar-refractivity contribution in [2.45, 2.75) is 63.9 Å². The quantitative estimate of drug-likeness (QED) is 0.167. The lowest BCUT2D eigenvalue weighted by Crippen LogP contribution is -2.52. The predicted octanol–water partition coefficient (Wildman–Crippen LogP) is 0.551. The van der Waals surface area contributed by atoms with Crippen LogP contribution in [0.25, 0.3) is 0 Å². The first kappa shape index (κ1) is 25.3. The third-order valence-electron chi connectivity index (χ3n) is 4.50. The standard InChI is InChI=1S/C20H31N3O7/c1-13-5-7-14(8-6-13)12-21-11-3-2-4-15(18(26)27)22-20(30)23-16(19(28)29)9-10-17(24)25/h5-8,15-16,19,21,28-29H,2-4,9-12H2,1H3,(H,24,25)(H,26,27)(H2,22,23,30). The van der Waals surface area contributed by atoms with Crippen LogP contribution in [0.15, 0.2) is 24.3 Å². The highest BCUT2D eigenvalue weighted by Crippen LogP contribution is 2.05. The zero-order chi connectivity index (χ0) is 22.5. The molecule has 1 aromatic carbocycles. The number of hydrogen-bond acceptors (Lipinski definition) is 6. The van der Waals surface area contributed by atoms with Crippen LogP contribution in [0.1, 0.15) is 43.2 Å². The highest BCUT2D eigenvalue weighted by Gasteiger charge is 2.24. The fourth-order valence-electron chi connectivity index (χ4n) is 2.74. The molecule has 2 amide bonds. The number of carboxylic acids is 2. The van der Waals surface area contributed by atoms with Crippen LogP contribution in [-0.2, 0) is 16.1 Å². The summed E-state index contributed by atoms with van der Waals surface area (Å²) in [6, 6.07) is 4.89. The first-order valence-electron chi connectivity index (χ1n) is 9.83. The monoisotopic (exact) mass is 425 g/mol. The first-order chi connectivity index (χ1) is 14.2. The van der Waals surface area contributed by atoms with Gasteiger partial charge in [0.1, 0.15) is 6.04 Å². The third kappa shape index (κ3) is 10.7. The van der Waals surface area contributed by atoms with Gasteiger partial charge in [-0.05, 0) is 44.7 Å². The number of benzene rings is 1. The van der Waals surface area contributed by atoms with E-state index in [1.165, 1.54) is 5.56 Å². The van der Waals surface area contributed by atoms with Gasteiger partial charge < -0.3 is 36.4 Å². The molecule has 0 spiro atoms. The lowest BCUT2D eigenvalue weighted by atomic mass is 10.1. The molecular weight excluding hydrogens is 394 g/mol. The third-order valence-corrected chi connectivity index (χ3v) is 4.50. The molecule has 10 heteroatoms. The SMILES string of the molecule is Cc1ccc(CNCCCCC(NC(=O)NC(CCC(=O)O)C(O)O)C(=O)O)cc1. The van der Waals surface area contributed by atoms with Gasteiger partial charge in [-0.15, -0.1) is 0 Å². The Morgan fingerprint density at radius 2 is 1.63 bits per heavy atom. The Bertz CT molecular complexity index is 679. The van der Waals surface area contributed by atoms with Crippen LogP contribution < -0.4 is 16.0 Å². The Hall–Kier alpha value is -2.69. The van der Waals surface area contributed by atoms with E-state index in [0.717, 1.165) is 12.0 Å². The molecular formula is C20H31N3O7. The first-order valence-corrected chi connectivity index (χ1v) is 9.83. The maximum absolute atomic E-state index is 12.0. The van der Waals surface area contributed by atoms with Crippen LogP contribution in [0.5, 0.6) is 0 Å². The van der Waals surface area contributed by atoms with Crippen molar-refractivity contribution < 1.29 is 34.8 Å². The molecule has 0 radical (unpaired) electrons. The molecule has 0 bridgehead atoms. The van der Waals surface area contributed by atoms with Crippen molar-refractivity contribution in [3.63, 3.8) is 0 Å². The number of unbranched alkanes of at least 4 members (excludes halogenated alkanes) is 1. The minimum absolute atomic E-state index is 0.204. The van der Waals surface area contributed by atoms with E-state index in [0.29, 0.717) is 19.5 Å². The summed E-state index contributed by atoms with van der Waals surface area (Å²) in [4.78, 5) is 33.9. The van der Waals surface area contributed by atoms with Crippen LogP contribution in [0.4, 0.5) is 4.79 Å². The van der Waals surface area contributed by atoms with Crippen molar-refractivity contribution >= 4 is 18.0 Å². The van der Waals surface area contributed by atoms with Gasteiger partial charge >= 0.3 is 18.0 Å². The number of carbonyl (C=O) groups is 3. The second-order valence-electron chi connectivity index (χ2n) is 7.12. The van der Waals surface area contributed by atoms with Crippen molar-refractivity contribution in [2.24, 2.45) is 0 Å². The van der Waals surface area contributed by atoms with E-state index >= 15 is 0 Å². The molecule has 0 aliphatic carbocycles. The summed E-state index contributed by atoms with van der Waals surface area (Å²) in [6.07, 6.45) is -1.06. The smallest absolute Gasteiger partial charge is 0.326 e. The number of urea groups is 1. The largest absolute Gasteiger partial charge is 0.481 e. The zero-order valence-electron chi connectivity index (χ0n) is 17.0. The molecule has 0 aliphatic rings. The predicted molar refractivity (Wildman–Crippen MR) is 109 cm³/mol. The van der Waals surface area contributed by atoms with Crippen molar-refractivity contribution in [3.05, 3.63) is 35.4 Å². The van der Waals surface area contributed by atoms with Crippen molar-refractivity contribution in [3.8, 4) is 0 Å². The van der Waals surface area contributed by atoms with Gasteiger partial charge in [0.2, 0.25) is 0 Å². The zero-order valence-corrected chi connectivity index (χ0v) is 17.0. The van der Waals surface area contributed by atoms with E-state index in [4.69, 9.17) is 5.11 Å². The van der Waals surface area contributed by atoms with Crippen molar-refractivity contribution in [1.82, 2.24) is 16.0 Å². The van der Waals surface area contributed by atoms with Crippen LogP contribution in [0.3, 0.4) is 0 Å². The van der Waals surface area contributed by atoms with Gasteiger partial charge in [0.25, 0.3) is 0 Å². The summed E-state index contributed by atoms with van der Waals surface area (Å²) in [5.74, 6) is -2.35. The van der Waals surface area contributed by atoms with Crippen molar-refractivity contribution in [1.29, 1.82) is 0 Å². The molecule has 0 saturated carbocycles. The summed E-state index contributed by atoms with van der Waals surface area (Å²) in [7, 11) is 0. The summed E-state index contributed by atoms with van der Waals surface area (Å²) in [5.41, 5.74) is 2.35. The van der Waals surface area contributed by atoms with Crippen molar-refractivity contribution in [2.75, 3.05) is 6.54 Å². The summed E-state index contributed by atoms with van der Waals surface area (Å²) >= 11 is 0. The van der Waals surface area contributed by atoms with Gasteiger partial charge in [0, 0.05) is 13.0 Å². The van der Waals surface area contributed by atoms with E-state index in [-0.39, 0.29) is 19.3 Å². The number of hydrogen-bond donors (Lipinski definition) is 7. The molecule has 0 heterocycles. The maximum Gasteiger partial charge on any atom is 0.326 e. The molecule has 10 nitrogen and oxygen atoms in total. The summed E-state index contributed by atoms with van der Waals surface area (Å²) in [5, 5.41) is 44.2. The number of nitrogens with one attached hydrogen (secondary N) is 3. The Morgan fingerprint density at radius 1 is 0.967 bits per heavy atom. The second-order valence-corrected chi connectivity index (χ2v) is 7.12. The van der Waals surface area contributed by atoms with Crippen LogP contribution in [0, 0.1) is 6.92 Å². The van der Waals surface area contributed by atoms with Gasteiger partial charge in [-0.2, -0.15) is 0 Å². The topological polar surface area (TPSA) is 168 Å². The fourth-order valence-corrected chi connectivity index (χ4v) is 2.74. The van der Waals surface area contributed by atoms with Gasteiger partial charge in [0.05, 0.1) is 6.04 Å². The number of aliphatic carboxylic acids is 2. The molecule has 7 N–H and O–H groups in total. The summed E-state index contributed by atoms with van der Waals surface area (Å²) < 4.78 is 0. The fraction of sp³-hybridized carbons (Fsp3) is 0.550. The number of rotatable bonds is 14. The van der Waals surface area contributed by atoms with E-state index in [1.54, 1.807) is 0 Å². The number of aliphatic hydroxyl groups is 2. The van der Waals surface area contributed by atoms with Gasteiger partial charge in [-0.25, -0.2) is 9.59 Å². The highest BCUT2D eigenvalue weighted by atomic mass is 16.5. The lowest BCUT2D eigenvalue weighted by molar-refractivity contribution is -0.139. The molecule has 0 fully saturated rings. The maximum atomic E-state index is 12.0. The van der Waals surface area contributed by atoms with Gasteiger partial charge in [-0.1, -0.05) is 29.8 Å².